The van der Waals surface area contributed by atoms with Gasteiger partial charge in [0.2, 0.25) is 0 Å². The van der Waals surface area contributed by atoms with Gasteiger partial charge in [0.15, 0.2) is 0 Å². The summed E-state index contributed by atoms with van der Waals surface area (Å²) in [4.78, 5) is 21.4. The van der Waals surface area contributed by atoms with Crippen molar-refractivity contribution in [3.63, 3.8) is 0 Å². The van der Waals surface area contributed by atoms with Crippen LogP contribution in [0.2, 0.25) is 0 Å². The number of rotatable bonds is 10. The van der Waals surface area contributed by atoms with Crippen LogP contribution in [0.4, 0.5) is 0 Å². The Morgan fingerprint density at radius 1 is 0.833 bits per heavy atom. The van der Waals surface area contributed by atoms with Crippen molar-refractivity contribution >= 4 is 11.9 Å². The molecule has 6 nitrogen and oxygen atoms in total. The summed E-state index contributed by atoms with van der Waals surface area (Å²) in [7, 11) is 0. The van der Waals surface area contributed by atoms with E-state index in [4.69, 9.17) is 14.2 Å². The van der Waals surface area contributed by atoms with E-state index in [-0.39, 0.29) is 19.2 Å². The lowest BCUT2D eigenvalue weighted by Crippen LogP contribution is -2.14. The molecule has 6 heteroatoms. The van der Waals surface area contributed by atoms with Gasteiger partial charge in [0.05, 0.1) is 26.4 Å². The van der Waals surface area contributed by atoms with E-state index in [1.54, 1.807) is 6.92 Å². The van der Waals surface area contributed by atoms with E-state index in [0.717, 1.165) is 0 Å². The number of carbonyl (C=O) groups is 2. The second kappa shape index (κ2) is 10.7. The van der Waals surface area contributed by atoms with E-state index in [0.29, 0.717) is 32.0 Å². The first kappa shape index (κ1) is 16.6. The summed E-state index contributed by atoms with van der Waals surface area (Å²) in [5, 5.41) is 0. The summed E-state index contributed by atoms with van der Waals surface area (Å²) >= 11 is 0. The number of hydrogen-bond donors (Lipinski definition) is 0. The monoisotopic (exact) mass is 260 g/mol. The van der Waals surface area contributed by atoms with E-state index >= 15 is 0 Å². The zero-order valence-corrected chi connectivity index (χ0v) is 10.9. The van der Waals surface area contributed by atoms with Gasteiger partial charge in [-0.2, -0.15) is 0 Å². The molecule has 0 spiro atoms. The Kier molecular flexibility index (Phi) is 9.90. The molecule has 0 radical (unpaired) electrons. The van der Waals surface area contributed by atoms with Crippen LogP contribution in [-0.4, -0.2) is 51.6 Å². The largest absolute Gasteiger partial charge is 0.463 e. The zero-order chi connectivity index (χ0) is 13.8. The topological polar surface area (TPSA) is 71.1 Å². The van der Waals surface area contributed by atoms with Gasteiger partial charge in [-0.25, -0.2) is 4.79 Å². The minimum absolute atomic E-state index is 0.194. The molecular weight excluding hydrogens is 240 g/mol. The fraction of sp³-hybridized carbons (Fsp3) is 0.667. The van der Waals surface area contributed by atoms with E-state index in [1.165, 1.54) is 6.92 Å². The number of ether oxygens (including phenoxy) is 4. The summed E-state index contributed by atoms with van der Waals surface area (Å²) in [6, 6.07) is 0. The molecule has 18 heavy (non-hydrogen) atoms. The van der Waals surface area contributed by atoms with E-state index in [2.05, 4.69) is 11.3 Å². The highest BCUT2D eigenvalue weighted by Gasteiger charge is 2.01. The summed E-state index contributed by atoms with van der Waals surface area (Å²) in [6.45, 7) is 8.26. The third kappa shape index (κ3) is 11.1. The maximum Gasteiger partial charge on any atom is 0.333 e. The van der Waals surface area contributed by atoms with Gasteiger partial charge in [-0.15, -0.1) is 0 Å². The van der Waals surface area contributed by atoms with Crippen LogP contribution in [0.25, 0.3) is 0 Å². The third-order valence-electron chi connectivity index (χ3n) is 1.71. The van der Waals surface area contributed by atoms with Gasteiger partial charge in [0, 0.05) is 12.5 Å². The molecule has 0 aromatic carbocycles. The van der Waals surface area contributed by atoms with Crippen LogP contribution >= 0.6 is 0 Å². The van der Waals surface area contributed by atoms with Crippen molar-refractivity contribution in [3.8, 4) is 0 Å². The van der Waals surface area contributed by atoms with Crippen molar-refractivity contribution < 1.29 is 28.5 Å². The van der Waals surface area contributed by atoms with Crippen LogP contribution in [0.1, 0.15) is 13.8 Å². The lowest BCUT2D eigenvalue weighted by Gasteiger charge is -2.06. The minimum atomic E-state index is -0.420. The fourth-order valence-corrected chi connectivity index (χ4v) is 0.883. The summed E-state index contributed by atoms with van der Waals surface area (Å²) in [5.74, 6) is -0.745. The Morgan fingerprint density at radius 3 is 1.72 bits per heavy atom. The molecule has 0 aromatic rings. The molecule has 0 fully saturated rings. The molecule has 0 amide bonds. The van der Waals surface area contributed by atoms with Crippen LogP contribution in [0.3, 0.4) is 0 Å². The SMILES string of the molecule is C=C(C)C(=O)OCCOCCOCCOC(C)=O. The predicted molar refractivity (Wildman–Crippen MR) is 64.0 cm³/mol. The molecule has 0 aromatic heterocycles. The second-order valence-electron chi connectivity index (χ2n) is 3.48. The van der Waals surface area contributed by atoms with Crippen LogP contribution in [-0.2, 0) is 28.5 Å². The molecule has 104 valence electrons. The Bertz CT molecular complexity index is 274. The molecule has 0 heterocycles. The molecule has 0 saturated heterocycles. The molecular formula is C12H20O6. The summed E-state index contributed by atoms with van der Waals surface area (Å²) in [5.41, 5.74) is 0.365. The number of carbonyl (C=O) groups excluding carboxylic acids is 2. The Balaban J connectivity index is 3.14. The highest BCUT2D eigenvalue weighted by Crippen LogP contribution is 1.91. The van der Waals surface area contributed by atoms with E-state index in [9.17, 15) is 9.59 Å². The average Bonchev–Trinajstić information content (AvgIpc) is 2.30. The van der Waals surface area contributed by atoms with Gasteiger partial charge in [-0.05, 0) is 6.92 Å². The van der Waals surface area contributed by atoms with Crippen molar-refractivity contribution in [1.29, 1.82) is 0 Å². The Morgan fingerprint density at radius 2 is 1.28 bits per heavy atom. The predicted octanol–water partition coefficient (Wildman–Crippen LogP) is 0.702. The first-order valence-corrected chi connectivity index (χ1v) is 5.65. The maximum absolute atomic E-state index is 11.0. The van der Waals surface area contributed by atoms with Crippen LogP contribution in [0.5, 0.6) is 0 Å². The molecule has 0 aliphatic carbocycles. The van der Waals surface area contributed by atoms with E-state index in [1.807, 2.05) is 0 Å². The van der Waals surface area contributed by atoms with Gasteiger partial charge in [-0.3, -0.25) is 4.79 Å². The Labute approximate surface area is 107 Å². The highest BCUT2D eigenvalue weighted by molar-refractivity contribution is 5.86. The van der Waals surface area contributed by atoms with Crippen LogP contribution in [0.15, 0.2) is 12.2 Å². The molecule has 0 aliphatic heterocycles. The van der Waals surface area contributed by atoms with Gasteiger partial charge in [0.25, 0.3) is 0 Å². The normalized spacial score (nSPS) is 9.89. The molecule has 0 rings (SSSR count). The van der Waals surface area contributed by atoms with Crippen LogP contribution in [0, 0.1) is 0 Å². The molecule has 0 atom stereocenters. The van der Waals surface area contributed by atoms with Crippen molar-refractivity contribution in [1.82, 2.24) is 0 Å². The van der Waals surface area contributed by atoms with Crippen LogP contribution < -0.4 is 0 Å². The molecule has 0 unspecified atom stereocenters. The lowest BCUT2D eigenvalue weighted by molar-refractivity contribution is -0.143. The first-order chi connectivity index (χ1) is 8.54. The van der Waals surface area contributed by atoms with E-state index < -0.39 is 5.97 Å². The van der Waals surface area contributed by atoms with Gasteiger partial charge < -0.3 is 18.9 Å². The average molecular weight is 260 g/mol. The second-order valence-corrected chi connectivity index (χ2v) is 3.48. The molecule has 0 aliphatic rings. The lowest BCUT2D eigenvalue weighted by atomic mass is 10.4. The van der Waals surface area contributed by atoms with Gasteiger partial charge in [0.1, 0.15) is 13.2 Å². The molecule has 0 bridgehead atoms. The van der Waals surface area contributed by atoms with Crippen molar-refractivity contribution in [2.75, 3.05) is 39.6 Å². The minimum Gasteiger partial charge on any atom is -0.463 e. The smallest absolute Gasteiger partial charge is 0.333 e. The maximum atomic E-state index is 11.0. The first-order valence-electron chi connectivity index (χ1n) is 5.65. The van der Waals surface area contributed by atoms with Crippen molar-refractivity contribution in [2.45, 2.75) is 13.8 Å². The quantitative estimate of drug-likeness (QED) is 0.327. The standard InChI is InChI=1S/C12H20O6/c1-10(2)12(14)18-9-7-16-5-4-15-6-8-17-11(3)13/h1,4-9H2,2-3H3. The van der Waals surface area contributed by atoms with Crippen molar-refractivity contribution in [3.05, 3.63) is 12.2 Å². The molecule has 0 saturated carbocycles. The van der Waals surface area contributed by atoms with Gasteiger partial charge in [-0.1, -0.05) is 6.58 Å². The zero-order valence-electron chi connectivity index (χ0n) is 10.9. The number of esters is 2. The fourth-order valence-electron chi connectivity index (χ4n) is 0.883. The number of hydrogen-bond acceptors (Lipinski definition) is 6. The van der Waals surface area contributed by atoms with Crippen molar-refractivity contribution in [2.24, 2.45) is 0 Å². The summed E-state index contributed by atoms with van der Waals surface area (Å²) < 4.78 is 19.8. The third-order valence-corrected chi connectivity index (χ3v) is 1.71. The Hall–Kier alpha value is -1.40. The van der Waals surface area contributed by atoms with Gasteiger partial charge >= 0.3 is 11.9 Å². The highest BCUT2D eigenvalue weighted by atomic mass is 16.6. The molecule has 0 N–H and O–H groups in total. The summed E-state index contributed by atoms with van der Waals surface area (Å²) in [6.07, 6.45) is 0.